The molecule has 9 nitrogen and oxygen atoms in total. The summed E-state index contributed by atoms with van der Waals surface area (Å²) < 4.78 is 89.7. The lowest BCUT2D eigenvalue weighted by molar-refractivity contribution is -0.137. The van der Waals surface area contributed by atoms with Crippen molar-refractivity contribution in [3.8, 4) is 16.9 Å². The molecule has 6 aromatic rings. The molecule has 1 fully saturated rings. The van der Waals surface area contributed by atoms with Gasteiger partial charge in [-0.1, -0.05) is 30.3 Å². The first-order valence-corrected chi connectivity index (χ1v) is 16.9. The van der Waals surface area contributed by atoms with Gasteiger partial charge in [0.25, 0.3) is 5.91 Å². The Hall–Kier alpha value is -5.86. The van der Waals surface area contributed by atoms with Gasteiger partial charge in [-0.05, 0) is 62.4 Å². The molecule has 0 atom stereocenters. The summed E-state index contributed by atoms with van der Waals surface area (Å²) in [7, 11) is 2.88. The topological polar surface area (TPSA) is 90.1 Å². The van der Waals surface area contributed by atoms with Crippen LogP contribution in [0, 0.1) is 18.6 Å². The van der Waals surface area contributed by atoms with E-state index in [1.165, 1.54) is 64.9 Å². The number of alkyl halides is 3. The van der Waals surface area contributed by atoms with Gasteiger partial charge in [-0.3, -0.25) is 19.2 Å². The number of aromatic nitrogens is 3. The minimum Gasteiger partial charge on any atom is -0.494 e. The van der Waals surface area contributed by atoms with Crippen LogP contribution in [0.4, 0.5) is 33.3 Å². The largest absolute Gasteiger partial charge is 0.494 e. The average molecular weight is 744 g/mol. The summed E-state index contributed by atoms with van der Waals surface area (Å²) in [6, 6.07) is 16.4. The molecule has 1 saturated heterocycles. The van der Waals surface area contributed by atoms with Gasteiger partial charge in [-0.2, -0.15) is 18.3 Å². The molecule has 0 unspecified atom stereocenters. The van der Waals surface area contributed by atoms with E-state index in [-0.39, 0.29) is 55.8 Å². The van der Waals surface area contributed by atoms with Crippen LogP contribution in [-0.2, 0) is 22.8 Å². The maximum Gasteiger partial charge on any atom is 0.417 e. The number of pyridine rings is 1. The van der Waals surface area contributed by atoms with Gasteiger partial charge in [0.2, 0.25) is 5.78 Å². The third-order valence-corrected chi connectivity index (χ3v) is 9.57. The number of rotatable bonds is 10. The van der Waals surface area contributed by atoms with Crippen LogP contribution in [0.1, 0.15) is 34.2 Å². The first kappa shape index (κ1) is 36.5. The number of benzene rings is 3. The Morgan fingerprint density at radius 2 is 1.74 bits per heavy atom. The third kappa shape index (κ3) is 6.41. The molecular weight excluding hydrogens is 709 g/mol. The van der Waals surface area contributed by atoms with Crippen LogP contribution in [0.15, 0.2) is 91.1 Å². The highest BCUT2D eigenvalue weighted by atomic mass is 19.4. The number of hydrogen-bond donors (Lipinski definition) is 1. The summed E-state index contributed by atoms with van der Waals surface area (Å²) in [5.74, 6) is -4.00. The highest BCUT2D eigenvalue weighted by molar-refractivity contribution is 6.11. The first-order valence-electron chi connectivity index (χ1n) is 16.9. The van der Waals surface area contributed by atoms with E-state index in [1.807, 2.05) is 6.92 Å². The molecule has 1 amide bonds. The normalized spacial score (nSPS) is 14.2. The predicted octanol–water partition coefficient (Wildman–Crippen LogP) is 7.94. The monoisotopic (exact) mass is 743 g/mol. The molecule has 4 heterocycles. The van der Waals surface area contributed by atoms with Crippen molar-refractivity contribution in [2.75, 3.05) is 31.8 Å². The first-order chi connectivity index (χ1) is 25.7. The fourth-order valence-electron chi connectivity index (χ4n) is 6.70. The standard InChI is InChI=1S/C40H34F5N5O4/c1-23-27-20-28(40(43,44)45)34(38(53-4)35(27)47-48(23)3)26-12-9-17-49-31(26)14-15-32(49)37(52)24-18-29(41)36(30(42)19-24)50(25-10-6-5-7-11-25)33(51)13-8-16-46-39(2)21-54-22-39/h5-15,17-20,46H,16,21-22H2,1-4H3/b13-8+. The van der Waals surface area contributed by atoms with E-state index in [1.54, 1.807) is 38.2 Å². The van der Waals surface area contributed by atoms with Crippen LogP contribution in [-0.4, -0.2) is 58.3 Å². The number of carbonyl (C=O) groups is 2. The quantitative estimate of drug-likeness (QED) is 0.0871. The number of hydrogen-bond acceptors (Lipinski definition) is 6. The number of ketones is 1. The van der Waals surface area contributed by atoms with Crippen LogP contribution in [0.2, 0.25) is 0 Å². The van der Waals surface area contributed by atoms with Gasteiger partial charge in [0.05, 0.1) is 42.6 Å². The fourth-order valence-corrected chi connectivity index (χ4v) is 6.70. The lowest BCUT2D eigenvalue weighted by Crippen LogP contribution is -2.58. The van der Waals surface area contributed by atoms with E-state index < -0.39 is 40.8 Å². The Morgan fingerprint density at radius 1 is 1.04 bits per heavy atom. The molecule has 0 aliphatic carbocycles. The van der Waals surface area contributed by atoms with Gasteiger partial charge >= 0.3 is 6.18 Å². The lowest BCUT2D eigenvalue weighted by atomic mass is 9.95. The molecule has 54 heavy (non-hydrogen) atoms. The van der Waals surface area contributed by atoms with E-state index in [0.29, 0.717) is 25.5 Å². The summed E-state index contributed by atoms with van der Waals surface area (Å²) in [4.78, 5) is 28.3. The Bertz CT molecular complexity index is 2440. The molecule has 0 spiro atoms. The van der Waals surface area contributed by atoms with Gasteiger partial charge in [0.15, 0.2) is 17.4 Å². The van der Waals surface area contributed by atoms with Gasteiger partial charge < -0.3 is 19.2 Å². The van der Waals surface area contributed by atoms with Gasteiger partial charge in [-0.15, -0.1) is 0 Å². The van der Waals surface area contributed by atoms with Crippen molar-refractivity contribution in [1.82, 2.24) is 19.5 Å². The van der Waals surface area contributed by atoms with E-state index >= 15 is 8.78 Å². The summed E-state index contributed by atoms with van der Waals surface area (Å²) in [6.45, 7) is 4.96. The van der Waals surface area contributed by atoms with Crippen molar-refractivity contribution >= 4 is 39.5 Å². The SMILES string of the molecule is COc1c(-c2cccn3c(C(=O)c4cc(F)c(N(C(=O)/C=C/CNC5(C)COC5)c5ccccc5)c(F)c4)ccc23)c(C(F)(F)F)cc2c(C)n(C)nc12. The minimum absolute atomic E-state index is 0.0716. The average Bonchev–Trinajstić information content (AvgIpc) is 3.69. The molecule has 0 bridgehead atoms. The molecule has 14 heteroatoms. The zero-order chi connectivity index (χ0) is 38.5. The summed E-state index contributed by atoms with van der Waals surface area (Å²) >= 11 is 0. The van der Waals surface area contributed by atoms with Gasteiger partial charge in [-0.25, -0.2) is 8.78 Å². The third-order valence-electron chi connectivity index (χ3n) is 9.57. The molecule has 1 aliphatic rings. The molecule has 1 aliphatic heterocycles. The highest BCUT2D eigenvalue weighted by Crippen LogP contribution is 2.47. The highest BCUT2D eigenvalue weighted by Gasteiger charge is 2.38. The Balaban J connectivity index is 1.27. The molecular formula is C40H34F5N5O4. The van der Waals surface area contributed by atoms with E-state index in [2.05, 4.69) is 10.4 Å². The van der Waals surface area contributed by atoms with E-state index in [9.17, 15) is 22.8 Å². The number of ether oxygens (including phenoxy) is 2. The second-order valence-corrected chi connectivity index (χ2v) is 13.3. The Labute approximate surface area is 306 Å². The number of fused-ring (bicyclic) bond motifs is 2. The lowest BCUT2D eigenvalue weighted by Gasteiger charge is -2.38. The Kier molecular flexibility index (Phi) is 9.36. The van der Waals surface area contributed by atoms with Crippen LogP contribution >= 0.6 is 0 Å². The molecule has 1 N–H and O–H groups in total. The minimum atomic E-state index is -4.79. The van der Waals surface area contributed by atoms with Crippen molar-refractivity contribution in [2.24, 2.45) is 7.05 Å². The maximum atomic E-state index is 16.0. The van der Waals surface area contributed by atoms with Crippen LogP contribution < -0.4 is 15.0 Å². The zero-order valence-electron chi connectivity index (χ0n) is 29.6. The second-order valence-electron chi connectivity index (χ2n) is 13.3. The molecule has 0 saturated carbocycles. The van der Waals surface area contributed by atoms with Crippen LogP contribution in [0.25, 0.3) is 27.5 Å². The molecule has 0 radical (unpaired) electrons. The number of amides is 1. The molecule has 3 aromatic heterocycles. The van der Waals surface area contributed by atoms with Crippen LogP contribution in [0.5, 0.6) is 5.75 Å². The van der Waals surface area contributed by atoms with Crippen molar-refractivity contribution in [3.05, 3.63) is 125 Å². The maximum absolute atomic E-state index is 16.0. The smallest absolute Gasteiger partial charge is 0.417 e. The number of aryl methyl sites for hydroxylation is 2. The zero-order valence-corrected chi connectivity index (χ0v) is 29.6. The number of carbonyl (C=O) groups excluding carboxylic acids is 2. The number of anilines is 2. The number of para-hydroxylation sites is 1. The van der Waals surface area contributed by atoms with Crippen molar-refractivity contribution in [3.63, 3.8) is 0 Å². The van der Waals surface area contributed by atoms with Crippen molar-refractivity contribution in [2.45, 2.75) is 25.6 Å². The molecule has 3 aromatic carbocycles. The van der Waals surface area contributed by atoms with Crippen LogP contribution in [0.3, 0.4) is 0 Å². The summed E-state index contributed by atoms with van der Waals surface area (Å²) in [6.07, 6.45) is -0.577. The number of methoxy groups -OCH3 is 1. The van der Waals surface area contributed by atoms with E-state index in [0.717, 1.165) is 23.1 Å². The van der Waals surface area contributed by atoms with Gasteiger partial charge in [0.1, 0.15) is 11.2 Å². The summed E-state index contributed by atoms with van der Waals surface area (Å²) in [5.41, 5.74) is -1.39. The van der Waals surface area contributed by atoms with Crippen molar-refractivity contribution in [1.29, 1.82) is 0 Å². The Morgan fingerprint density at radius 3 is 2.37 bits per heavy atom. The number of halogens is 5. The van der Waals surface area contributed by atoms with Gasteiger partial charge in [0, 0.05) is 59.3 Å². The molecule has 7 rings (SSSR count). The number of nitrogens with one attached hydrogen (secondary N) is 1. The fraction of sp³-hybridized carbons (Fsp3) is 0.225. The second kappa shape index (κ2) is 13.8. The predicted molar refractivity (Wildman–Crippen MR) is 193 cm³/mol. The van der Waals surface area contributed by atoms with E-state index in [4.69, 9.17) is 9.47 Å². The summed E-state index contributed by atoms with van der Waals surface area (Å²) in [5, 5.41) is 7.92. The van der Waals surface area contributed by atoms with Crippen molar-refractivity contribution < 1.29 is 41.0 Å². The molecule has 278 valence electrons. The number of nitrogens with zero attached hydrogens (tertiary/aromatic N) is 4.